The van der Waals surface area contributed by atoms with Crippen LogP contribution in [-0.2, 0) is 0 Å². The van der Waals surface area contributed by atoms with Crippen LogP contribution >= 0.6 is 0 Å². The maximum Gasteiger partial charge on any atom is 0.269 e. The summed E-state index contributed by atoms with van der Waals surface area (Å²) in [4.78, 5) is 12.5. The standard InChI is InChI=1S/C16H24N2O4/c19-10-9-17(14-6-2-1-3-7-14)12-16(20)13-5-4-8-15(11-13)18(21)22/h4-5,8,11,14,16,19-20H,1-3,6-7,9-10,12H2. The lowest BCUT2D eigenvalue weighted by Gasteiger charge is -2.35. The van der Waals surface area contributed by atoms with E-state index < -0.39 is 11.0 Å². The summed E-state index contributed by atoms with van der Waals surface area (Å²) < 4.78 is 0. The molecule has 0 bridgehead atoms. The normalized spacial score (nSPS) is 17.6. The van der Waals surface area contributed by atoms with Gasteiger partial charge in [-0.05, 0) is 18.4 Å². The number of hydrogen-bond donors (Lipinski definition) is 2. The summed E-state index contributed by atoms with van der Waals surface area (Å²) in [5.74, 6) is 0. The highest BCUT2D eigenvalue weighted by Gasteiger charge is 2.24. The Morgan fingerprint density at radius 3 is 2.68 bits per heavy atom. The van der Waals surface area contributed by atoms with Crippen molar-refractivity contribution in [3.05, 3.63) is 39.9 Å². The first-order valence-electron chi connectivity index (χ1n) is 7.89. The van der Waals surface area contributed by atoms with Crippen LogP contribution in [0.2, 0.25) is 0 Å². The number of rotatable bonds is 7. The van der Waals surface area contributed by atoms with Crippen LogP contribution in [0.1, 0.15) is 43.8 Å². The molecule has 122 valence electrons. The molecule has 2 N–H and O–H groups in total. The molecule has 1 aromatic rings. The van der Waals surface area contributed by atoms with E-state index in [2.05, 4.69) is 4.90 Å². The number of nitro benzene ring substituents is 1. The molecule has 0 radical (unpaired) electrons. The first-order chi connectivity index (χ1) is 10.6. The molecule has 0 aliphatic heterocycles. The third kappa shape index (κ3) is 4.50. The van der Waals surface area contributed by atoms with Gasteiger partial charge in [0.15, 0.2) is 0 Å². The van der Waals surface area contributed by atoms with Gasteiger partial charge in [0.25, 0.3) is 5.69 Å². The van der Waals surface area contributed by atoms with Crippen molar-refractivity contribution in [1.29, 1.82) is 0 Å². The highest BCUT2D eigenvalue weighted by molar-refractivity contribution is 5.35. The molecule has 1 aliphatic carbocycles. The van der Waals surface area contributed by atoms with E-state index in [1.807, 2.05) is 0 Å². The van der Waals surface area contributed by atoms with Crippen molar-refractivity contribution in [3.8, 4) is 0 Å². The van der Waals surface area contributed by atoms with Gasteiger partial charge in [-0.1, -0.05) is 31.4 Å². The van der Waals surface area contributed by atoms with Crippen molar-refractivity contribution >= 4 is 5.69 Å². The van der Waals surface area contributed by atoms with Crippen LogP contribution in [0.15, 0.2) is 24.3 Å². The smallest absolute Gasteiger partial charge is 0.269 e. The minimum atomic E-state index is -0.784. The molecule has 2 rings (SSSR count). The molecule has 1 atom stereocenters. The number of aliphatic hydroxyl groups is 2. The predicted molar refractivity (Wildman–Crippen MR) is 83.6 cm³/mol. The number of non-ortho nitro benzene ring substituents is 1. The van der Waals surface area contributed by atoms with Crippen molar-refractivity contribution in [2.24, 2.45) is 0 Å². The van der Waals surface area contributed by atoms with Crippen molar-refractivity contribution in [3.63, 3.8) is 0 Å². The van der Waals surface area contributed by atoms with Crippen molar-refractivity contribution in [2.75, 3.05) is 19.7 Å². The van der Waals surface area contributed by atoms with Crippen molar-refractivity contribution in [2.45, 2.75) is 44.2 Å². The Balaban J connectivity index is 2.04. The van der Waals surface area contributed by atoms with E-state index in [4.69, 9.17) is 0 Å². The number of benzene rings is 1. The van der Waals surface area contributed by atoms with E-state index in [0.29, 0.717) is 24.7 Å². The molecule has 1 unspecified atom stereocenters. The van der Waals surface area contributed by atoms with Crippen molar-refractivity contribution in [1.82, 2.24) is 4.90 Å². The molecule has 0 heterocycles. The Kier molecular flexibility index (Phi) is 6.30. The number of nitrogens with zero attached hydrogens (tertiary/aromatic N) is 2. The first-order valence-corrected chi connectivity index (χ1v) is 7.89. The van der Waals surface area contributed by atoms with Gasteiger partial charge in [-0.2, -0.15) is 0 Å². The van der Waals surface area contributed by atoms with Crippen molar-refractivity contribution < 1.29 is 15.1 Å². The lowest BCUT2D eigenvalue weighted by atomic mass is 9.93. The maximum atomic E-state index is 10.8. The van der Waals surface area contributed by atoms with Gasteiger partial charge in [-0.15, -0.1) is 0 Å². The molecule has 6 heteroatoms. The minimum Gasteiger partial charge on any atom is -0.395 e. The van der Waals surface area contributed by atoms with Crippen LogP contribution < -0.4 is 0 Å². The Labute approximate surface area is 130 Å². The van der Waals surface area contributed by atoms with Gasteiger partial charge >= 0.3 is 0 Å². The number of aliphatic hydroxyl groups excluding tert-OH is 2. The summed E-state index contributed by atoms with van der Waals surface area (Å²) in [5.41, 5.74) is 0.538. The fourth-order valence-electron chi connectivity index (χ4n) is 3.17. The van der Waals surface area contributed by atoms with E-state index >= 15 is 0 Å². The fourth-order valence-corrected chi connectivity index (χ4v) is 3.17. The van der Waals surface area contributed by atoms with Gasteiger partial charge in [-0.3, -0.25) is 15.0 Å². The molecular formula is C16H24N2O4. The maximum absolute atomic E-state index is 10.8. The monoisotopic (exact) mass is 308 g/mol. The molecule has 1 saturated carbocycles. The van der Waals surface area contributed by atoms with Gasteiger partial charge in [-0.25, -0.2) is 0 Å². The summed E-state index contributed by atoms with van der Waals surface area (Å²) in [7, 11) is 0. The third-order valence-corrected chi connectivity index (χ3v) is 4.35. The fraction of sp³-hybridized carbons (Fsp3) is 0.625. The van der Waals surface area contributed by atoms with E-state index in [-0.39, 0.29) is 12.3 Å². The third-order valence-electron chi connectivity index (χ3n) is 4.35. The van der Waals surface area contributed by atoms with Gasteiger partial charge in [0, 0.05) is 31.3 Å². The average molecular weight is 308 g/mol. The molecule has 1 aliphatic rings. The zero-order valence-corrected chi connectivity index (χ0v) is 12.7. The Hall–Kier alpha value is -1.50. The van der Waals surface area contributed by atoms with Crippen LogP contribution in [0.3, 0.4) is 0 Å². The Bertz CT molecular complexity index is 489. The highest BCUT2D eigenvalue weighted by atomic mass is 16.6. The van der Waals surface area contributed by atoms with E-state index in [1.54, 1.807) is 12.1 Å². The Morgan fingerprint density at radius 2 is 2.05 bits per heavy atom. The second kappa shape index (κ2) is 8.22. The van der Waals surface area contributed by atoms with E-state index in [0.717, 1.165) is 12.8 Å². The lowest BCUT2D eigenvalue weighted by Crippen LogP contribution is -2.41. The minimum absolute atomic E-state index is 0.0112. The van der Waals surface area contributed by atoms with Gasteiger partial charge in [0.05, 0.1) is 17.6 Å². The number of hydrogen-bond acceptors (Lipinski definition) is 5. The zero-order chi connectivity index (χ0) is 15.9. The molecule has 0 saturated heterocycles. The predicted octanol–water partition coefficient (Wildman–Crippen LogP) is 2.26. The molecule has 0 spiro atoms. The first kappa shape index (κ1) is 16.9. The molecule has 0 aromatic heterocycles. The largest absolute Gasteiger partial charge is 0.395 e. The lowest BCUT2D eigenvalue weighted by molar-refractivity contribution is -0.385. The summed E-state index contributed by atoms with van der Waals surface area (Å²) in [6.45, 7) is 0.973. The molecular weight excluding hydrogens is 284 g/mol. The quantitative estimate of drug-likeness (QED) is 0.596. The van der Waals surface area contributed by atoms with E-state index in [1.165, 1.54) is 31.4 Å². The summed E-state index contributed by atoms with van der Waals surface area (Å²) in [5, 5.41) is 30.5. The summed E-state index contributed by atoms with van der Waals surface area (Å²) in [6.07, 6.45) is 4.99. The van der Waals surface area contributed by atoms with Crippen LogP contribution in [0.4, 0.5) is 5.69 Å². The van der Waals surface area contributed by atoms with Gasteiger partial charge < -0.3 is 10.2 Å². The summed E-state index contributed by atoms with van der Waals surface area (Å²) in [6, 6.07) is 6.52. The molecule has 22 heavy (non-hydrogen) atoms. The molecule has 1 fully saturated rings. The molecule has 6 nitrogen and oxygen atoms in total. The topological polar surface area (TPSA) is 86.8 Å². The average Bonchev–Trinajstić information content (AvgIpc) is 2.55. The van der Waals surface area contributed by atoms with E-state index in [9.17, 15) is 20.3 Å². The second-order valence-corrected chi connectivity index (χ2v) is 5.88. The van der Waals surface area contributed by atoms with Crippen LogP contribution in [-0.4, -0.2) is 45.8 Å². The van der Waals surface area contributed by atoms with Gasteiger partial charge in [0.2, 0.25) is 0 Å². The summed E-state index contributed by atoms with van der Waals surface area (Å²) >= 11 is 0. The highest BCUT2D eigenvalue weighted by Crippen LogP contribution is 2.25. The van der Waals surface area contributed by atoms with Crippen LogP contribution in [0.5, 0.6) is 0 Å². The molecule has 0 amide bonds. The molecule has 1 aromatic carbocycles. The van der Waals surface area contributed by atoms with Crippen LogP contribution in [0.25, 0.3) is 0 Å². The Morgan fingerprint density at radius 1 is 1.32 bits per heavy atom. The van der Waals surface area contributed by atoms with Gasteiger partial charge in [0.1, 0.15) is 0 Å². The van der Waals surface area contributed by atoms with Crippen LogP contribution in [0, 0.1) is 10.1 Å². The second-order valence-electron chi connectivity index (χ2n) is 5.88. The SMILES string of the molecule is O=[N+]([O-])c1cccc(C(O)CN(CCO)C2CCCCC2)c1. The zero-order valence-electron chi connectivity index (χ0n) is 12.7. The number of nitro groups is 1.